The normalized spacial score (nSPS) is 31.5. The second kappa shape index (κ2) is 4.39. The average Bonchev–Trinajstić information content (AvgIpc) is 2.56. The second-order valence-corrected chi connectivity index (χ2v) is 5.78. The molecule has 1 fully saturated rings. The first-order valence-corrected chi connectivity index (χ1v) is 6.44. The number of aromatic nitrogens is 1. The first kappa shape index (κ1) is 10.7. The van der Waals surface area contributed by atoms with Gasteiger partial charge in [-0.15, -0.1) is 0 Å². The molecule has 1 aromatic heterocycles. The van der Waals surface area contributed by atoms with Crippen LogP contribution in [0.4, 0.5) is 10.1 Å². The Labute approximate surface area is 95.1 Å². The molecule has 2 rings (SSSR count). The van der Waals surface area contributed by atoms with Crippen LogP contribution in [0.5, 0.6) is 0 Å². The zero-order valence-electron chi connectivity index (χ0n) is 9.36. The van der Waals surface area contributed by atoms with Crippen molar-refractivity contribution in [3.05, 3.63) is 6.20 Å². The van der Waals surface area contributed by atoms with Crippen molar-refractivity contribution in [2.45, 2.75) is 39.2 Å². The van der Waals surface area contributed by atoms with E-state index in [2.05, 4.69) is 24.1 Å². The fraction of sp³-hybridized carbons (Fsp3) is 0.727. The molecule has 0 aromatic carbocycles. The Morgan fingerprint density at radius 3 is 2.87 bits per heavy atom. The van der Waals surface area contributed by atoms with Gasteiger partial charge in [0.15, 0.2) is 5.13 Å². The van der Waals surface area contributed by atoms with Crippen LogP contribution >= 0.6 is 11.3 Å². The molecule has 1 heterocycles. The van der Waals surface area contributed by atoms with Crippen molar-refractivity contribution < 1.29 is 0 Å². The zero-order chi connectivity index (χ0) is 10.8. The highest BCUT2D eigenvalue weighted by Crippen LogP contribution is 2.31. The van der Waals surface area contributed by atoms with Crippen LogP contribution in [-0.2, 0) is 0 Å². The molecule has 84 valence electrons. The van der Waals surface area contributed by atoms with E-state index in [4.69, 9.17) is 5.73 Å². The number of nitrogens with one attached hydrogen (secondary N) is 1. The fourth-order valence-electron chi connectivity index (χ4n) is 2.39. The van der Waals surface area contributed by atoms with Gasteiger partial charge < -0.3 is 11.1 Å². The first-order valence-electron chi connectivity index (χ1n) is 5.63. The van der Waals surface area contributed by atoms with Gasteiger partial charge in [-0.3, -0.25) is 0 Å². The van der Waals surface area contributed by atoms with Crippen LogP contribution in [-0.4, -0.2) is 11.0 Å². The van der Waals surface area contributed by atoms with Gasteiger partial charge >= 0.3 is 0 Å². The maximum Gasteiger partial charge on any atom is 0.184 e. The second-order valence-electron chi connectivity index (χ2n) is 4.71. The quantitative estimate of drug-likeness (QED) is 0.813. The number of anilines is 2. The molecule has 1 aliphatic carbocycles. The van der Waals surface area contributed by atoms with Crippen LogP contribution in [0.25, 0.3) is 0 Å². The van der Waals surface area contributed by atoms with E-state index in [0.717, 1.165) is 22.0 Å². The summed E-state index contributed by atoms with van der Waals surface area (Å²) in [7, 11) is 0. The van der Waals surface area contributed by atoms with E-state index in [1.54, 1.807) is 6.20 Å². The van der Waals surface area contributed by atoms with E-state index in [-0.39, 0.29) is 0 Å². The number of nitrogens with two attached hydrogens (primary N) is 1. The predicted molar refractivity (Wildman–Crippen MR) is 66.1 cm³/mol. The highest BCUT2D eigenvalue weighted by atomic mass is 32.1. The molecular formula is C11H19N3S. The van der Waals surface area contributed by atoms with E-state index in [0.29, 0.717) is 6.04 Å². The van der Waals surface area contributed by atoms with Gasteiger partial charge in [0.1, 0.15) is 5.00 Å². The summed E-state index contributed by atoms with van der Waals surface area (Å²) < 4.78 is 0. The minimum absolute atomic E-state index is 0.576. The SMILES string of the molecule is CC1CCC(Nc2ncc(N)s2)C(C)C1. The van der Waals surface area contributed by atoms with Crippen molar-refractivity contribution in [1.29, 1.82) is 0 Å². The third-order valence-corrected chi connectivity index (χ3v) is 4.02. The average molecular weight is 225 g/mol. The minimum atomic E-state index is 0.576. The lowest BCUT2D eigenvalue weighted by Crippen LogP contribution is -2.32. The third kappa shape index (κ3) is 2.62. The molecule has 3 N–H and O–H groups in total. The van der Waals surface area contributed by atoms with E-state index >= 15 is 0 Å². The molecular weight excluding hydrogens is 206 g/mol. The monoisotopic (exact) mass is 225 g/mol. The van der Waals surface area contributed by atoms with Crippen molar-refractivity contribution in [3.63, 3.8) is 0 Å². The molecule has 0 saturated heterocycles. The summed E-state index contributed by atoms with van der Waals surface area (Å²) in [5.41, 5.74) is 5.66. The Morgan fingerprint density at radius 1 is 1.47 bits per heavy atom. The number of hydrogen-bond acceptors (Lipinski definition) is 4. The van der Waals surface area contributed by atoms with Gasteiger partial charge in [-0.2, -0.15) is 0 Å². The van der Waals surface area contributed by atoms with E-state index in [1.165, 1.54) is 30.6 Å². The van der Waals surface area contributed by atoms with Gasteiger partial charge in [-0.05, 0) is 31.1 Å². The molecule has 3 atom stereocenters. The van der Waals surface area contributed by atoms with Crippen molar-refractivity contribution in [2.24, 2.45) is 11.8 Å². The predicted octanol–water partition coefficient (Wildman–Crippen LogP) is 2.96. The van der Waals surface area contributed by atoms with Crippen LogP contribution in [0.2, 0.25) is 0 Å². The minimum Gasteiger partial charge on any atom is -0.389 e. The molecule has 0 aliphatic heterocycles. The molecule has 3 unspecified atom stereocenters. The molecule has 0 bridgehead atoms. The van der Waals surface area contributed by atoms with E-state index in [1.807, 2.05) is 0 Å². The van der Waals surface area contributed by atoms with Crippen LogP contribution < -0.4 is 11.1 Å². The van der Waals surface area contributed by atoms with Crippen LogP contribution in [0, 0.1) is 11.8 Å². The summed E-state index contributed by atoms with van der Waals surface area (Å²) >= 11 is 1.54. The van der Waals surface area contributed by atoms with E-state index < -0.39 is 0 Å². The van der Waals surface area contributed by atoms with Gasteiger partial charge in [0.25, 0.3) is 0 Å². The Balaban J connectivity index is 1.94. The number of nitrogen functional groups attached to an aromatic ring is 1. The third-order valence-electron chi connectivity index (χ3n) is 3.26. The lowest BCUT2D eigenvalue weighted by atomic mass is 9.80. The zero-order valence-corrected chi connectivity index (χ0v) is 10.2. The number of rotatable bonds is 2. The molecule has 0 spiro atoms. The van der Waals surface area contributed by atoms with Crippen LogP contribution in [0.1, 0.15) is 33.1 Å². The summed E-state index contributed by atoms with van der Waals surface area (Å²) in [6.45, 7) is 4.67. The lowest BCUT2D eigenvalue weighted by molar-refractivity contribution is 0.276. The van der Waals surface area contributed by atoms with Crippen molar-refractivity contribution in [3.8, 4) is 0 Å². The maximum absolute atomic E-state index is 5.66. The molecule has 3 nitrogen and oxygen atoms in total. The Hall–Kier alpha value is -0.770. The maximum atomic E-state index is 5.66. The number of hydrogen-bond donors (Lipinski definition) is 2. The summed E-state index contributed by atoms with van der Waals surface area (Å²) in [4.78, 5) is 4.25. The number of thiazole rings is 1. The summed E-state index contributed by atoms with van der Waals surface area (Å²) in [6.07, 6.45) is 5.62. The van der Waals surface area contributed by atoms with Crippen molar-refractivity contribution >= 4 is 21.5 Å². The van der Waals surface area contributed by atoms with Crippen LogP contribution in [0.15, 0.2) is 6.20 Å². The molecule has 0 radical (unpaired) electrons. The fourth-order valence-corrected chi connectivity index (χ4v) is 3.04. The van der Waals surface area contributed by atoms with E-state index in [9.17, 15) is 0 Å². The Morgan fingerprint density at radius 2 is 2.27 bits per heavy atom. The Kier molecular flexibility index (Phi) is 3.14. The molecule has 4 heteroatoms. The number of nitrogens with zero attached hydrogens (tertiary/aromatic N) is 1. The highest BCUT2D eigenvalue weighted by molar-refractivity contribution is 7.19. The largest absolute Gasteiger partial charge is 0.389 e. The van der Waals surface area contributed by atoms with Gasteiger partial charge in [0.05, 0.1) is 6.20 Å². The Bertz CT molecular complexity index is 323. The molecule has 1 aliphatic rings. The molecule has 1 aromatic rings. The highest BCUT2D eigenvalue weighted by Gasteiger charge is 2.25. The summed E-state index contributed by atoms with van der Waals surface area (Å²) in [5.74, 6) is 1.61. The molecule has 1 saturated carbocycles. The molecule has 0 amide bonds. The topological polar surface area (TPSA) is 50.9 Å². The smallest absolute Gasteiger partial charge is 0.184 e. The first-order chi connectivity index (χ1) is 7.15. The molecule has 15 heavy (non-hydrogen) atoms. The lowest BCUT2D eigenvalue weighted by Gasteiger charge is -2.32. The van der Waals surface area contributed by atoms with Crippen molar-refractivity contribution in [1.82, 2.24) is 4.98 Å². The summed E-state index contributed by atoms with van der Waals surface area (Å²) in [5, 5.41) is 5.26. The summed E-state index contributed by atoms with van der Waals surface area (Å²) in [6, 6.07) is 0.576. The standard InChI is InChI=1S/C11H19N3S/c1-7-3-4-9(8(2)5-7)14-11-13-6-10(12)15-11/h6-9H,3-5,12H2,1-2H3,(H,13,14). The van der Waals surface area contributed by atoms with Gasteiger partial charge in [-0.25, -0.2) is 4.98 Å². The van der Waals surface area contributed by atoms with Gasteiger partial charge in [0.2, 0.25) is 0 Å². The van der Waals surface area contributed by atoms with Gasteiger partial charge in [-0.1, -0.05) is 25.2 Å². The van der Waals surface area contributed by atoms with Gasteiger partial charge in [0, 0.05) is 6.04 Å². The van der Waals surface area contributed by atoms with Crippen LogP contribution in [0.3, 0.4) is 0 Å². The van der Waals surface area contributed by atoms with Crippen molar-refractivity contribution in [2.75, 3.05) is 11.1 Å².